The Hall–Kier alpha value is -0.170. The van der Waals surface area contributed by atoms with Crippen LogP contribution in [0.1, 0.15) is 20.3 Å². The minimum absolute atomic E-state index is 0.298. The van der Waals surface area contributed by atoms with Crippen LogP contribution >= 0.6 is 0 Å². The van der Waals surface area contributed by atoms with Crippen LogP contribution in [0.2, 0.25) is 0 Å². The zero-order valence-corrected chi connectivity index (χ0v) is 6.68. The third kappa shape index (κ3) is 4.68. The van der Waals surface area contributed by atoms with E-state index in [-0.39, 0.29) is 0 Å². The highest BCUT2D eigenvalue weighted by Gasteiger charge is 2.23. The molecule has 62 valence electrons. The van der Waals surface area contributed by atoms with Gasteiger partial charge in [0, 0.05) is 0 Å². The molecule has 0 fully saturated rings. The molecule has 0 heterocycles. The van der Waals surface area contributed by atoms with Gasteiger partial charge in [-0.15, -0.1) is 0 Å². The van der Waals surface area contributed by atoms with Gasteiger partial charge in [-0.3, -0.25) is 4.55 Å². The van der Waals surface area contributed by atoms with E-state index in [9.17, 15) is 8.42 Å². The first-order valence-electron chi connectivity index (χ1n) is 2.74. The van der Waals surface area contributed by atoms with Gasteiger partial charge in [-0.1, -0.05) is 6.92 Å². The van der Waals surface area contributed by atoms with Gasteiger partial charge in [0.15, 0.2) is 0 Å². The summed E-state index contributed by atoms with van der Waals surface area (Å²) in [5.41, 5.74) is 3.93. The maximum Gasteiger partial charge on any atom is 0.399 e. The molecule has 0 saturated heterocycles. The Labute approximate surface area is 60.1 Å². The number of rotatable bonds is 3. The van der Waals surface area contributed by atoms with Gasteiger partial charge in [0.25, 0.3) is 0 Å². The molecule has 5 nitrogen and oxygen atoms in total. The highest BCUT2D eigenvalue weighted by atomic mass is 32.3. The summed E-state index contributed by atoms with van der Waals surface area (Å²) in [6.07, 6.45) is 0.298. The fourth-order valence-corrected chi connectivity index (χ4v) is 0.898. The molecule has 0 radical (unpaired) electrons. The Bertz CT molecular complexity index is 195. The summed E-state index contributed by atoms with van der Waals surface area (Å²) in [5, 5.41) is 0. The van der Waals surface area contributed by atoms with Gasteiger partial charge in [0.2, 0.25) is 0 Å². The molecule has 0 aliphatic heterocycles. The first-order valence-corrected chi connectivity index (χ1v) is 4.10. The topological polar surface area (TPSA) is 89.6 Å². The lowest BCUT2D eigenvalue weighted by Gasteiger charge is -2.19. The van der Waals surface area contributed by atoms with Gasteiger partial charge in [-0.05, 0) is 13.3 Å². The first kappa shape index (κ1) is 9.83. The van der Waals surface area contributed by atoms with Crippen molar-refractivity contribution in [2.45, 2.75) is 26.0 Å². The lowest BCUT2D eigenvalue weighted by atomic mass is 10.2. The fourth-order valence-electron chi connectivity index (χ4n) is 0.299. The van der Waals surface area contributed by atoms with E-state index in [0.717, 1.165) is 0 Å². The predicted molar refractivity (Wildman–Crippen MR) is 35.5 cm³/mol. The monoisotopic (exact) mass is 169 g/mol. The molecule has 0 aromatic heterocycles. The summed E-state index contributed by atoms with van der Waals surface area (Å²) in [4.78, 5) is 0. The average molecular weight is 169 g/mol. The second-order valence-corrected chi connectivity index (χ2v) is 3.20. The first-order chi connectivity index (χ1) is 4.27. The molecular weight excluding hydrogens is 158 g/mol. The molecular formula is C4H11NO4S. The van der Waals surface area contributed by atoms with Crippen molar-refractivity contribution in [2.75, 3.05) is 0 Å². The third-order valence-electron chi connectivity index (χ3n) is 0.998. The van der Waals surface area contributed by atoms with Crippen LogP contribution in [0, 0.1) is 0 Å². The quantitative estimate of drug-likeness (QED) is 0.454. The molecule has 0 aliphatic rings. The smallest absolute Gasteiger partial charge is 0.303 e. The molecule has 0 aliphatic carbocycles. The van der Waals surface area contributed by atoms with E-state index in [2.05, 4.69) is 4.18 Å². The molecule has 0 spiro atoms. The van der Waals surface area contributed by atoms with Crippen LogP contribution in [-0.2, 0) is 14.6 Å². The zero-order chi connectivity index (χ0) is 8.41. The summed E-state index contributed by atoms with van der Waals surface area (Å²) in [6.45, 7) is 3.01. The number of nitrogens with two attached hydrogens (primary N) is 1. The van der Waals surface area contributed by atoms with Gasteiger partial charge in [0.05, 0.1) is 0 Å². The normalized spacial score (nSPS) is 18.4. The molecule has 10 heavy (non-hydrogen) atoms. The van der Waals surface area contributed by atoms with Gasteiger partial charge < -0.3 is 5.73 Å². The molecule has 0 bridgehead atoms. The molecule has 0 amide bonds. The van der Waals surface area contributed by atoms with Crippen LogP contribution in [0.4, 0.5) is 0 Å². The van der Waals surface area contributed by atoms with Crippen molar-refractivity contribution < 1.29 is 17.2 Å². The second kappa shape index (κ2) is 2.83. The van der Waals surface area contributed by atoms with Crippen molar-refractivity contribution in [3.05, 3.63) is 0 Å². The van der Waals surface area contributed by atoms with Gasteiger partial charge in [-0.25, -0.2) is 4.18 Å². The van der Waals surface area contributed by atoms with Gasteiger partial charge in [0.1, 0.15) is 5.72 Å². The Kier molecular flexibility index (Phi) is 2.78. The fraction of sp³-hybridized carbons (Fsp3) is 1.00. The van der Waals surface area contributed by atoms with Crippen LogP contribution in [-0.4, -0.2) is 18.7 Å². The van der Waals surface area contributed by atoms with E-state index in [1.165, 1.54) is 6.92 Å². The largest absolute Gasteiger partial charge is 0.399 e. The number of hydrogen-bond acceptors (Lipinski definition) is 4. The molecule has 1 unspecified atom stereocenters. The second-order valence-electron chi connectivity index (χ2n) is 2.18. The SMILES string of the molecule is CCC(C)(N)OS(=O)(=O)O. The van der Waals surface area contributed by atoms with Crippen LogP contribution in [0.5, 0.6) is 0 Å². The Morgan fingerprint density at radius 3 is 2.20 bits per heavy atom. The van der Waals surface area contributed by atoms with E-state index < -0.39 is 16.1 Å². The van der Waals surface area contributed by atoms with Crippen molar-refractivity contribution in [1.29, 1.82) is 0 Å². The van der Waals surface area contributed by atoms with Crippen molar-refractivity contribution >= 4 is 10.4 Å². The van der Waals surface area contributed by atoms with E-state index in [1.807, 2.05) is 0 Å². The molecule has 0 aromatic carbocycles. The molecule has 0 aromatic rings. The van der Waals surface area contributed by atoms with Crippen molar-refractivity contribution in [2.24, 2.45) is 5.73 Å². The minimum Gasteiger partial charge on any atom is -0.303 e. The average Bonchev–Trinajstić information content (AvgIpc) is 1.60. The zero-order valence-electron chi connectivity index (χ0n) is 5.86. The Morgan fingerprint density at radius 1 is 1.70 bits per heavy atom. The Morgan fingerprint density at radius 2 is 2.10 bits per heavy atom. The predicted octanol–water partition coefficient (Wildman–Crippen LogP) is -0.109. The number of hydrogen-bond donors (Lipinski definition) is 2. The van der Waals surface area contributed by atoms with Crippen molar-refractivity contribution in [3.63, 3.8) is 0 Å². The molecule has 6 heteroatoms. The van der Waals surface area contributed by atoms with E-state index >= 15 is 0 Å². The van der Waals surface area contributed by atoms with Gasteiger partial charge in [-0.2, -0.15) is 8.42 Å². The lowest BCUT2D eigenvalue weighted by Crippen LogP contribution is -2.40. The minimum atomic E-state index is -4.42. The standard InChI is InChI=1S/C4H11NO4S/c1-3-4(2,5)9-10(6,7)8/h3,5H2,1-2H3,(H,6,7,8). The van der Waals surface area contributed by atoms with Crippen LogP contribution < -0.4 is 5.73 Å². The summed E-state index contributed by atoms with van der Waals surface area (Å²) >= 11 is 0. The Balaban J connectivity index is 4.16. The molecule has 0 rings (SSSR count). The molecule has 3 N–H and O–H groups in total. The van der Waals surface area contributed by atoms with Crippen LogP contribution in [0.15, 0.2) is 0 Å². The van der Waals surface area contributed by atoms with E-state index in [4.69, 9.17) is 10.3 Å². The highest BCUT2D eigenvalue weighted by molar-refractivity contribution is 7.80. The van der Waals surface area contributed by atoms with Crippen LogP contribution in [0.3, 0.4) is 0 Å². The molecule has 0 saturated carbocycles. The molecule has 1 atom stereocenters. The maximum absolute atomic E-state index is 10.1. The van der Waals surface area contributed by atoms with Crippen molar-refractivity contribution in [3.8, 4) is 0 Å². The third-order valence-corrected chi connectivity index (χ3v) is 1.59. The van der Waals surface area contributed by atoms with Crippen molar-refractivity contribution in [1.82, 2.24) is 0 Å². The maximum atomic E-state index is 10.1. The summed E-state index contributed by atoms with van der Waals surface area (Å²) in [5.74, 6) is 0. The van der Waals surface area contributed by atoms with E-state index in [1.54, 1.807) is 6.92 Å². The summed E-state index contributed by atoms with van der Waals surface area (Å²) < 4.78 is 32.4. The highest BCUT2D eigenvalue weighted by Crippen LogP contribution is 2.09. The summed E-state index contributed by atoms with van der Waals surface area (Å²) in [6, 6.07) is 0. The van der Waals surface area contributed by atoms with Crippen LogP contribution in [0.25, 0.3) is 0 Å². The lowest BCUT2D eigenvalue weighted by molar-refractivity contribution is 0.0835. The summed E-state index contributed by atoms with van der Waals surface area (Å²) in [7, 11) is -4.42. The van der Waals surface area contributed by atoms with Gasteiger partial charge >= 0.3 is 10.4 Å². The van der Waals surface area contributed by atoms with E-state index in [0.29, 0.717) is 6.42 Å².